The van der Waals surface area contributed by atoms with Gasteiger partial charge in [0.05, 0.1) is 5.71 Å². The van der Waals surface area contributed by atoms with E-state index in [4.69, 9.17) is 5.21 Å². The van der Waals surface area contributed by atoms with Crippen LogP contribution >= 0.6 is 15.9 Å². The minimum absolute atomic E-state index is 0.639. The van der Waals surface area contributed by atoms with E-state index in [2.05, 4.69) is 21.1 Å². The lowest BCUT2D eigenvalue weighted by atomic mass is 10.1. The van der Waals surface area contributed by atoms with Gasteiger partial charge in [0.15, 0.2) is 0 Å². The van der Waals surface area contributed by atoms with Crippen LogP contribution in [0, 0.1) is 0 Å². The molecule has 2 nitrogen and oxygen atoms in total. The van der Waals surface area contributed by atoms with Gasteiger partial charge < -0.3 is 5.21 Å². The van der Waals surface area contributed by atoms with Crippen LogP contribution in [-0.2, 0) is 0 Å². The molecule has 2 rings (SSSR count). The van der Waals surface area contributed by atoms with E-state index < -0.39 is 0 Å². The Morgan fingerprint density at radius 3 is 1.76 bits per heavy atom. The lowest BCUT2D eigenvalue weighted by Gasteiger charge is -1.94. The molecule has 0 aliphatic heterocycles. The van der Waals surface area contributed by atoms with Gasteiger partial charge in [-0.15, -0.1) is 0 Å². The van der Waals surface area contributed by atoms with Crippen LogP contribution in [0.15, 0.2) is 70.3 Å². The molecule has 1 N–H and O–H groups in total. The third kappa shape index (κ3) is 5.31. The Morgan fingerprint density at radius 1 is 0.941 bits per heavy atom. The van der Waals surface area contributed by atoms with Crippen molar-refractivity contribution in [1.29, 1.82) is 0 Å². The second-order valence-corrected chi connectivity index (χ2v) is 4.26. The fourth-order valence-corrected chi connectivity index (χ4v) is 1.46. The van der Waals surface area contributed by atoms with Gasteiger partial charge >= 0.3 is 0 Å². The molecule has 0 amide bonds. The van der Waals surface area contributed by atoms with Gasteiger partial charge in [0, 0.05) is 4.47 Å². The number of halogens is 1. The van der Waals surface area contributed by atoms with E-state index in [0.717, 1.165) is 10.0 Å². The summed E-state index contributed by atoms with van der Waals surface area (Å²) in [6, 6.07) is 19.5. The summed E-state index contributed by atoms with van der Waals surface area (Å²) in [6.07, 6.45) is 0. The Labute approximate surface area is 110 Å². The highest BCUT2D eigenvalue weighted by Gasteiger charge is 1.92. The number of rotatable bonds is 1. The first-order chi connectivity index (χ1) is 8.24. The Hall–Kier alpha value is -1.61. The van der Waals surface area contributed by atoms with Crippen molar-refractivity contribution in [3.63, 3.8) is 0 Å². The van der Waals surface area contributed by atoms with Gasteiger partial charge in [-0.2, -0.15) is 0 Å². The Balaban J connectivity index is 0.000000181. The van der Waals surface area contributed by atoms with Gasteiger partial charge in [-0.1, -0.05) is 69.6 Å². The predicted molar refractivity (Wildman–Crippen MR) is 74.6 cm³/mol. The first-order valence-corrected chi connectivity index (χ1v) is 5.98. The van der Waals surface area contributed by atoms with Crippen LogP contribution in [0.25, 0.3) is 0 Å². The molecule has 0 aromatic heterocycles. The molecule has 0 bridgehead atoms. The van der Waals surface area contributed by atoms with E-state index in [1.807, 2.05) is 60.7 Å². The zero-order valence-electron chi connectivity index (χ0n) is 9.55. The molecule has 0 spiro atoms. The standard InChI is InChI=1S/C8H9NO.C6H5Br/c1-7(9-10)8-5-3-2-4-6-8;7-6-4-2-1-3-5-6/h2-6,10H,1H3;1-5H. The van der Waals surface area contributed by atoms with E-state index in [9.17, 15) is 0 Å². The molecule has 2 aromatic carbocycles. The summed E-state index contributed by atoms with van der Waals surface area (Å²) in [4.78, 5) is 0. The van der Waals surface area contributed by atoms with Crippen LogP contribution in [0.2, 0.25) is 0 Å². The lowest BCUT2D eigenvalue weighted by molar-refractivity contribution is 0.319. The number of nitrogens with zero attached hydrogens (tertiary/aromatic N) is 1. The van der Waals surface area contributed by atoms with Crippen LogP contribution in [0.4, 0.5) is 0 Å². The van der Waals surface area contributed by atoms with Crippen molar-refractivity contribution in [2.75, 3.05) is 0 Å². The molecule has 0 atom stereocenters. The molecule has 0 radical (unpaired) electrons. The van der Waals surface area contributed by atoms with Crippen LogP contribution in [0.1, 0.15) is 12.5 Å². The summed E-state index contributed by atoms with van der Waals surface area (Å²) >= 11 is 3.31. The molecule has 0 aliphatic carbocycles. The largest absolute Gasteiger partial charge is 0.411 e. The van der Waals surface area contributed by atoms with E-state index in [-0.39, 0.29) is 0 Å². The molecule has 0 aliphatic rings. The molecule has 3 heteroatoms. The topological polar surface area (TPSA) is 32.6 Å². The minimum Gasteiger partial charge on any atom is -0.411 e. The monoisotopic (exact) mass is 291 g/mol. The third-order valence-electron chi connectivity index (χ3n) is 2.07. The number of hydrogen-bond acceptors (Lipinski definition) is 2. The molecule has 2 aromatic rings. The summed E-state index contributed by atoms with van der Waals surface area (Å²) in [6.45, 7) is 1.76. The quantitative estimate of drug-likeness (QED) is 0.473. The summed E-state index contributed by atoms with van der Waals surface area (Å²) in [5, 5.41) is 11.5. The Bertz CT molecular complexity index is 454. The highest BCUT2D eigenvalue weighted by atomic mass is 79.9. The number of oxime groups is 1. The summed E-state index contributed by atoms with van der Waals surface area (Å²) in [7, 11) is 0. The van der Waals surface area contributed by atoms with Crippen molar-refractivity contribution < 1.29 is 5.21 Å². The molecule has 17 heavy (non-hydrogen) atoms. The molecule has 0 unspecified atom stereocenters. The van der Waals surface area contributed by atoms with E-state index in [0.29, 0.717) is 5.71 Å². The minimum atomic E-state index is 0.639. The Morgan fingerprint density at radius 2 is 1.41 bits per heavy atom. The van der Waals surface area contributed by atoms with Crippen molar-refractivity contribution in [2.24, 2.45) is 5.16 Å². The molecule has 0 heterocycles. The van der Waals surface area contributed by atoms with E-state index in [1.165, 1.54) is 0 Å². The van der Waals surface area contributed by atoms with Gasteiger partial charge in [0.2, 0.25) is 0 Å². The second kappa shape index (κ2) is 7.63. The fraction of sp³-hybridized carbons (Fsp3) is 0.0714. The van der Waals surface area contributed by atoms with Crippen LogP contribution in [0.5, 0.6) is 0 Å². The first-order valence-electron chi connectivity index (χ1n) is 5.18. The maximum atomic E-state index is 8.38. The maximum absolute atomic E-state index is 8.38. The van der Waals surface area contributed by atoms with E-state index in [1.54, 1.807) is 6.92 Å². The summed E-state index contributed by atoms with van der Waals surface area (Å²) in [5.74, 6) is 0. The van der Waals surface area contributed by atoms with Crippen LogP contribution in [-0.4, -0.2) is 10.9 Å². The second-order valence-electron chi connectivity index (χ2n) is 3.35. The predicted octanol–water partition coefficient (Wildman–Crippen LogP) is 4.33. The zero-order valence-corrected chi connectivity index (χ0v) is 11.1. The molecule has 0 fully saturated rings. The van der Waals surface area contributed by atoms with Crippen molar-refractivity contribution in [1.82, 2.24) is 0 Å². The highest BCUT2D eigenvalue weighted by molar-refractivity contribution is 9.10. The smallest absolute Gasteiger partial charge is 0.0836 e. The van der Waals surface area contributed by atoms with Gasteiger partial charge in [0.25, 0.3) is 0 Å². The molecule has 0 saturated carbocycles. The zero-order chi connectivity index (χ0) is 12.5. The van der Waals surface area contributed by atoms with E-state index >= 15 is 0 Å². The van der Waals surface area contributed by atoms with Gasteiger partial charge in [-0.25, -0.2) is 0 Å². The Kier molecular flexibility index (Phi) is 6.04. The highest BCUT2D eigenvalue weighted by Crippen LogP contribution is 2.05. The van der Waals surface area contributed by atoms with Gasteiger partial charge in [-0.05, 0) is 24.6 Å². The normalized spacial score (nSPS) is 10.4. The summed E-state index contributed by atoms with van der Waals surface area (Å²) in [5.41, 5.74) is 1.59. The number of benzene rings is 2. The SMILES string of the molecule is Brc1ccccc1.CC(=NO)c1ccccc1. The molecule has 0 saturated heterocycles. The third-order valence-corrected chi connectivity index (χ3v) is 2.60. The van der Waals surface area contributed by atoms with Gasteiger partial charge in [0.1, 0.15) is 0 Å². The fourth-order valence-electron chi connectivity index (χ4n) is 1.15. The summed E-state index contributed by atoms with van der Waals surface area (Å²) < 4.78 is 1.13. The molecule has 88 valence electrons. The van der Waals surface area contributed by atoms with Gasteiger partial charge in [-0.3, -0.25) is 0 Å². The lowest BCUT2D eigenvalue weighted by Crippen LogP contribution is -1.92. The van der Waals surface area contributed by atoms with Crippen molar-refractivity contribution in [2.45, 2.75) is 6.92 Å². The van der Waals surface area contributed by atoms with Crippen molar-refractivity contribution in [3.8, 4) is 0 Å². The first kappa shape index (κ1) is 13.5. The number of hydrogen-bond donors (Lipinski definition) is 1. The van der Waals surface area contributed by atoms with Crippen LogP contribution in [0.3, 0.4) is 0 Å². The van der Waals surface area contributed by atoms with Crippen molar-refractivity contribution in [3.05, 3.63) is 70.7 Å². The molecular weight excluding hydrogens is 278 g/mol. The molecular formula is C14H14BrNO. The maximum Gasteiger partial charge on any atom is 0.0836 e. The average Bonchev–Trinajstić information content (AvgIpc) is 2.40. The van der Waals surface area contributed by atoms with Crippen LogP contribution < -0.4 is 0 Å². The van der Waals surface area contributed by atoms with Crippen molar-refractivity contribution >= 4 is 21.6 Å². The average molecular weight is 292 g/mol.